The number of carbonyl (C=O) groups excluding carboxylic acids is 1. The fraction of sp³-hybridized carbons (Fsp3) is 0.379. The quantitative estimate of drug-likeness (QED) is 0.144. The summed E-state index contributed by atoms with van der Waals surface area (Å²) in [5.41, 5.74) is 4.57. The molecule has 3 atom stereocenters. The third-order valence-electron chi connectivity index (χ3n) is 7.57. The van der Waals surface area contributed by atoms with Crippen molar-refractivity contribution in [2.75, 3.05) is 17.2 Å². The molecule has 2 fully saturated rings. The number of benzene rings is 2. The highest BCUT2D eigenvalue weighted by Gasteiger charge is 2.42. The zero-order valence-electron chi connectivity index (χ0n) is 21.5. The van der Waals surface area contributed by atoms with E-state index < -0.39 is 18.5 Å². The predicted octanol–water partition coefficient (Wildman–Crippen LogP) is 6.35. The second-order valence-corrected chi connectivity index (χ2v) is 13.0. The molecule has 1 amide bonds. The number of amides is 1. The lowest BCUT2D eigenvalue weighted by Crippen LogP contribution is -2.33. The Morgan fingerprint density at radius 2 is 1.95 bits per heavy atom. The maximum Gasteiger partial charge on any atom is 0.323 e. The lowest BCUT2D eigenvalue weighted by atomic mass is 9.96. The Labute approximate surface area is 241 Å². The Hall–Kier alpha value is -2.82. The second kappa shape index (κ2) is 11.7. The number of carbonyl (C=O) groups is 3. The van der Waals surface area contributed by atoms with E-state index in [-0.39, 0.29) is 16.1 Å². The van der Waals surface area contributed by atoms with Crippen molar-refractivity contribution in [2.24, 2.45) is 5.92 Å². The van der Waals surface area contributed by atoms with Gasteiger partial charge in [0.15, 0.2) is 0 Å². The predicted molar refractivity (Wildman–Crippen MR) is 160 cm³/mol. The maximum absolute atomic E-state index is 12.7. The van der Waals surface area contributed by atoms with E-state index in [1.54, 1.807) is 18.7 Å². The molecule has 0 spiro atoms. The molecule has 3 unspecified atom stereocenters. The molecular formula is C29H30N2O5S3. The van der Waals surface area contributed by atoms with Gasteiger partial charge in [-0.3, -0.25) is 19.3 Å². The molecule has 0 aromatic heterocycles. The molecule has 2 aliphatic heterocycles. The highest BCUT2D eigenvalue weighted by Crippen LogP contribution is 2.52. The van der Waals surface area contributed by atoms with Gasteiger partial charge >= 0.3 is 11.9 Å². The smallest absolute Gasteiger partial charge is 0.323 e. The number of carboxylic acids is 2. The summed E-state index contributed by atoms with van der Waals surface area (Å²) >= 11 is 8.14. The van der Waals surface area contributed by atoms with Crippen molar-refractivity contribution < 1.29 is 24.6 Å². The van der Waals surface area contributed by atoms with Gasteiger partial charge in [-0.1, -0.05) is 43.4 Å². The average Bonchev–Trinajstić information content (AvgIpc) is 3.56. The third-order valence-corrected chi connectivity index (χ3v) is 10.0. The molecule has 1 aliphatic carbocycles. The average molecular weight is 583 g/mol. The number of fused-ring (bicyclic) bond motifs is 3. The number of anilines is 2. The molecule has 0 radical (unpaired) electrons. The summed E-state index contributed by atoms with van der Waals surface area (Å²) < 4.78 is 0.272. The van der Waals surface area contributed by atoms with Gasteiger partial charge in [-0.05, 0) is 85.0 Å². The van der Waals surface area contributed by atoms with E-state index >= 15 is 0 Å². The zero-order valence-corrected chi connectivity index (χ0v) is 24.0. The molecule has 2 aromatic carbocycles. The van der Waals surface area contributed by atoms with Crippen LogP contribution in [0.1, 0.15) is 56.1 Å². The lowest BCUT2D eigenvalue weighted by Gasteiger charge is -2.27. The van der Waals surface area contributed by atoms with Gasteiger partial charge < -0.3 is 15.1 Å². The van der Waals surface area contributed by atoms with Crippen molar-refractivity contribution in [1.82, 2.24) is 4.90 Å². The minimum absolute atomic E-state index is 0.272. The van der Waals surface area contributed by atoms with Crippen LogP contribution >= 0.6 is 35.7 Å². The number of hydrogen-bond donors (Lipinski definition) is 2. The molecule has 2 N–H and O–H groups in total. The minimum Gasteiger partial charge on any atom is -0.481 e. The molecule has 0 bridgehead atoms. The molecule has 2 aromatic rings. The van der Waals surface area contributed by atoms with Gasteiger partial charge in [-0.15, -0.1) is 11.8 Å². The molecular weight excluding hydrogens is 553 g/mol. The van der Waals surface area contributed by atoms with Crippen LogP contribution in [0.2, 0.25) is 0 Å². The zero-order chi connectivity index (χ0) is 27.7. The number of thioether (sulfide) groups is 2. The van der Waals surface area contributed by atoms with Crippen LogP contribution < -0.4 is 4.90 Å². The van der Waals surface area contributed by atoms with Crippen molar-refractivity contribution in [2.45, 2.75) is 55.9 Å². The first kappa shape index (κ1) is 27.7. The fourth-order valence-corrected chi connectivity index (χ4v) is 7.76. The first-order valence-electron chi connectivity index (χ1n) is 13.1. The summed E-state index contributed by atoms with van der Waals surface area (Å²) in [7, 11) is 0. The number of nitrogens with zero attached hydrogens (tertiary/aromatic N) is 2. The summed E-state index contributed by atoms with van der Waals surface area (Å²) in [6.45, 7) is 1.33. The Bertz CT molecular complexity index is 1340. The fourth-order valence-electron chi connectivity index (χ4n) is 5.63. The number of aliphatic carboxylic acids is 2. The Morgan fingerprint density at radius 3 is 2.67 bits per heavy atom. The molecule has 204 valence electrons. The van der Waals surface area contributed by atoms with Gasteiger partial charge in [-0.2, -0.15) is 0 Å². The maximum atomic E-state index is 12.7. The first-order chi connectivity index (χ1) is 18.7. The number of carboxylic acid groups (broad SMARTS) is 2. The van der Waals surface area contributed by atoms with Gasteiger partial charge in [-0.25, -0.2) is 0 Å². The summed E-state index contributed by atoms with van der Waals surface area (Å²) in [4.78, 5) is 40.1. The molecule has 3 aliphatic rings. The first-order valence-corrected chi connectivity index (χ1v) is 15.3. The Morgan fingerprint density at radius 1 is 1.18 bits per heavy atom. The Kier molecular flexibility index (Phi) is 8.35. The molecule has 1 saturated heterocycles. The third kappa shape index (κ3) is 5.88. The van der Waals surface area contributed by atoms with E-state index in [2.05, 4.69) is 41.3 Å². The monoisotopic (exact) mass is 582 g/mol. The highest BCUT2D eigenvalue weighted by atomic mass is 32.2. The minimum atomic E-state index is -1.09. The molecule has 39 heavy (non-hydrogen) atoms. The van der Waals surface area contributed by atoms with Crippen LogP contribution in [-0.4, -0.2) is 55.6 Å². The lowest BCUT2D eigenvalue weighted by molar-refractivity contribution is -0.141. The van der Waals surface area contributed by atoms with E-state index in [9.17, 15) is 14.4 Å². The standard InChI is InChI=1S/C29H30N2O5S3/c1-17(28(35)36)4-3-13-38-20-10-8-19(9-11-20)31-23-6-2-5-21(23)22-14-18(7-12-24(22)31)15-25-27(34)30(16-26(32)33)29(37)39-25/h7-12,14-15,17,21,23H,2-6,13,16H2,1H3,(H,32,33)(H,35,36). The topological polar surface area (TPSA) is 98.2 Å². The van der Waals surface area contributed by atoms with E-state index in [0.29, 0.717) is 23.3 Å². The normalized spacial score (nSPS) is 21.9. The van der Waals surface area contributed by atoms with Gasteiger partial charge in [0, 0.05) is 28.2 Å². The van der Waals surface area contributed by atoms with E-state index in [4.69, 9.17) is 22.4 Å². The number of thiocarbonyl (C=S) groups is 1. The summed E-state index contributed by atoms with van der Waals surface area (Å²) in [5, 5.41) is 18.1. The molecule has 10 heteroatoms. The van der Waals surface area contributed by atoms with Crippen LogP contribution in [0, 0.1) is 5.92 Å². The van der Waals surface area contributed by atoms with Crippen LogP contribution in [-0.2, 0) is 14.4 Å². The van der Waals surface area contributed by atoms with Crippen LogP contribution in [0.3, 0.4) is 0 Å². The highest BCUT2D eigenvalue weighted by molar-refractivity contribution is 8.26. The second-order valence-electron chi connectivity index (χ2n) is 10.2. The van der Waals surface area contributed by atoms with Crippen molar-refractivity contribution in [3.05, 3.63) is 58.5 Å². The molecule has 7 nitrogen and oxygen atoms in total. The van der Waals surface area contributed by atoms with E-state index in [0.717, 1.165) is 52.9 Å². The van der Waals surface area contributed by atoms with Crippen molar-refractivity contribution in [3.8, 4) is 0 Å². The summed E-state index contributed by atoms with van der Waals surface area (Å²) in [6.07, 6.45) is 6.80. The van der Waals surface area contributed by atoms with Crippen molar-refractivity contribution in [1.29, 1.82) is 0 Å². The largest absolute Gasteiger partial charge is 0.481 e. The van der Waals surface area contributed by atoms with Gasteiger partial charge in [0.2, 0.25) is 0 Å². The molecule has 1 saturated carbocycles. The molecule has 2 heterocycles. The summed E-state index contributed by atoms with van der Waals surface area (Å²) in [6, 6.07) is 15.4. The Balaban J connectivity index is 1.31. The van der Waals surface area contributed by atoms with Crippen LogP contribution in [0.25, 0.3) is 6.08 Å². The number of rotatable bonds is 10. The van der Waals surface area contributed by atoms with Crippen molar-refractivity contribution >= 4 is 75.4 Å². The molecule has 5 rings (SSSR count). The van der Waals surface area contributed by atoms with Crippen LogP contribution in [0.4, 0.5) is 11.4 Å². The SMILES string of the molecule is CC(CCCSc1ccc(N2c3ccc(C=C4SC(=S)N(CC(=O)O)C4=O)cc3C3CCCC32)cc1)C(=O)O. The summed E-state index contributed by atoms with van der Waals surface area (Å²) in [5.74, 6) is -1.16. The van der Waals surface area contributed by atoms with E-state index in [1.165, 1.54) is 22.6 Å². The number of hydrogen-bond acceptors (Lipinski definition) is 7. The van der Waals surface area contributed by atoms with Crippen LogP contribution in [0.5, 0.6) is 0 Å². The van der Waals surface area contributed by atoms with Gasteiger partial charge in [0.05, 0.1) is 10.8 Å². The van der Waals surface area contributed by atoms with Crippen LogP contribution in [0.15, 0.2) is 52.3 Å². The van der Waals surface area contributed by atoms with Gasteiger partial charge in [0.1, 0.15) is 10.9 Å². The van der Waals surface area contributed by atoms with Crippen molar-refractivity contribution in [3.63, 3.8) is 0 Å². The van der Waals surface area contributed by atoms with E-state index in [1.807, 2.05) is 12.1 Å². The van der Waals surface area contributed by atoms with Gasteiger partial charge in [0.25, 0.3) is 5.91 Å².